The highest BCUT2D eigenvalue weighted by Gasteiger charge is 2.29. The summed E-state index contributed by atoms with van der Waals surface area (Å²) in [6.45, 7) is 1.41. The number of sulfonamides is 1. The Morgan fingerprint density at radius 3 is 2.35 bits per heavy atom. The van der Waals surface area contributed by atoms with Gasteiger partial charge in [0, 0.05) is 26.2 Å². The zero-order valence-electron chi connectivity index (χ0n) is 12.6. The van der Waals surface area contributed by atoms with Crippen LogP contribution in [0.2, 0.25) is 0 Å². The van der Waals surface area contributed by atoms with Gasteiger partial charge in [-0.1, -0.05) is 30.3 Å². The van der Waals surface area contributed by atoms with Gasteiger partial charge in [0.2, 0.25) is 10.0 Å². The number of carbonyl (C=O) groups excluding carboxylic acids is 1. The van der Waals surface area contributed by atoms with Crippen LogP contribution >= 0.6 is 0 Å². The smallest absolute Gasteiger partial charge is 0.257 e. The van der Waals surface area contributed by atoms with Gasteiger partial charge in [0.1, 0.15) is 6.26 Å². The minimum atomic E-state index is -3.36. The Hall–Kier alpha value is -2.12. The van der Waals surface area contributed by atoms with E-state index in [1.54, 1.807) is 23.1 Å². The van der Waals surface area contributed by atoms with Crippen molar-refractivity contribution in [2.24, 2.45) is 0 Å². The molecule has 1 aromatic carbocycles. The summed E-state index contributed by atoms with van der Waals surface area (Å²) < 4.78 is 31.3. The Balaban J connectivity index is 1.61. The average molecular weight is 334 g/mol. The second-order valence-corrected chi connectivity index (χ2v) is 7.41. The number of hydrogen-bond acceptors (Lipinski definition) is 4. The fourth-order valence-electron chi connectivity index (χ4n) is 2.61. The van der Waals surface area contributed by atoms with Gasteiger partial charge in [0.05, 0.1) is 17.6 Å². The van der Waals surface area contributed by atoms with Crippen LogP contribution in [0.4, 0.5) is 0 Å². The van der Waals surface area contributed by atoms with Crippen molar-refractivity contribution in [3.63, 3.8) is 0 Å². The number of amides is 1. The molecule has 1 fully saturated rings. The Morgan fingerprint density at radius 1 is 1.04 bits per heavy atom. The summed E-state index contributed by atoms with van der Waals surface area (Å²) in [5.74, 6) is -0.136. The molecule has 1 aliphatic heterocycles. The van der Waals surface area contributed by atoms with Crippen molar-refractivity contribution in [1.29, 1.82) is 0 Å². The first kappa shape index (κ1) is 15.8. The van der Waals surface area contributed by atoms with E-state index in [0.29, 0.717) is 31.7 Å². The lowest BCUT2D eigenvalue weighted by Crippen LogP contribution is -2.50. The molecule has 6 nitrogen and oxygen atoms in total. The van der Waals surface area contributed by atoms with E-state index < -0.39 is 10.0 Å². The van der Waals surface area contributed by atoms with Crippen LogP contribution in [0.25, 0.3) is 0 Å². The molecule has 1 aliphatic rings. The fraction of sp³-hybridized carbons (Fsp3) is 0.312. The summed E-state index contributed by atoms with van der Waals surface area (Å²) in [6, 6.07) is 10.7. The molecule has 0 unspecified atom stereocenters. The van der Waals surface area contributed by atoms with Crippen LogP contribution in [-0.4, -0.2) is 49.7 Å². The molecule has 0 spiro atoms. The van der Waals surface area contributed by atoms with Crippen LogP contribution in [0.1, 0.15) is 15.9 Å². The molecule has 0 bridgehead atoms. The molecule has 2 aromatic rings. The fourth-order valence-corrected chi connectivity index (χ4v) is 4.13. The molecule has 1 saturated heterocycles. The van der Waals surface area contributed by atoms with E-state index in [1.165, 1.54) is 16.8 Å². The molecule has 0 aliphatic carbocycles. The van der Waals surface area contributed by atoms with Crippen LogP contribution in [0.5, 0.6) is 0 Å². The van der Waals surface area contributed by atoms with Crippen molar-refractivity contribution in [1.82, 2.24) is 9.21 Å². The van der Waals surface area contributed by atoms with Gasteiger partial charge in [-0.25, -0.2) is 8.42 Å². The van der Waals surface area contributed by atoms with Gasteiger partial charge in [-0.3, -0.25) is 4.79 Å². The maximum atomic E-state index is 12.5. The summed E-state index contributed by atoms with van der Waals surface area (Å²) >= 11 is 0. The van der Waals surface area contributed by atoms with Gasteiger partial charge in [0.15, 0.2) is 0 Å². The first-order chi connectivity index (χ1) is 11.1. The normalized spacial score (nSPS) is 16.4. The molecule has 0 saturated carbocycles. The van der Waals surface area contributed by atoms with E-state index in [0.717, 1.165) is 5.56 Å². The minimum absolute atomic E-state index is 0.0104. The number of piperazine rings is 1. The van der Waals surface area contributed by atoms with Gasteiger partial charge in [0.25, 0.3) is 5.91 Å². The van der Waals surface area contributed by atoms with Crippen molar-refractivity contribution < 1.29 is 17.6 Å². The van der Waals surface area contributed by atoms with Gasteiger partial charge >= 0.3 is 0 Å². The predicted octanol–water partition coefficient (Wildman–Crippen LogP) is 1.57. The molecule has 23 heavy (non-hydrogen) atoms. The maximum Gasteiger partial charge on any atom is 0.257 e. The van der Waals surface area contributed by atoms with Crippen LogP contribution in [0.15, 0.2) is 53.3 Å². The Bertz CT molecular complexity index is 749. The van der Waals surface area contributed by atoms with E-state index in [-0.39, 0.29) is 11.7 Å². The van der Waals surface area contributed by atoms with Crippen molar-refractivity contribution in [3.8, 4) is 0 Å². The number of hydrogen-bond donors (Lipinski definition) is 0. The third kappa shape index (κ3) is 3.62. The highest BCUT2D eigenvalue weighted by molar-refractivity contribution is 7.88. The lowest BCUT2D eigenvalue weighted by atomic mass is 10.2. The third-order valence-corrected chi connectivity index (χ3v) is 5.73. The van der Waals surface area contributed by atoms with Crippen molar-refractivity contribution in [2.75, 3.05) is 26.2 Å². The van der Waals surface area contributed by atoms with Gasteiger partial charge < -0.3 is 9.32 Å². The monoisotopic (exact) mass is 334 g/mol. The topological polar surface area (TPSA) is 70.8 Å². The van der Waals surface area contributed by atoms with Crippen LogP contribution < -0.4 is 0 Å². The highest BCUT2D eigenvalue weighted by atomic mass is 32.2. The molecule has 1 aromatic heterocycles. The first-order valence-electron chi connectivity index (χ1n) is 7.39. The van der Waals surface area contributed by atoms with E-state index in [4.69, 9.17) is 4.42 Å². The first-order valence-corrected chi connectivity index (χ1v) is 9.00. The van der Waals surface area contributed by atoms with E-state index in [2.05, 4.69) is 0 Å². The molecule has 3 rings (SSSR count). The number of rotatable bonds is 4. The lowest BCUT2D eigenvalue weighted by molar-refractivity contribution is 0.0697. The van der Waals surface area contributed by atoms with Crippen molar-refractivity contribution in [2.45, 2.75) is 5.75 Å². The summed E-state index contributed by atoms with van der Waals surface area (Å²) in [7, 11) is -3.36. The Kier molecular flexibility index (Phi) is 4.49. The van der Waals surface area contributed by atoms with Gasteiger partial charge in [-0.15, -0.1) is 0 Å². The van der Waals surface area contributed by atoms with Crippen molar-refractivity contribution in [3.05, 3.63) is 60.1 Å². The predicted molar refractivity (Wildman–Crippen MR) is 85.3 cm³/mol. The molecular formula is C16H18N2O4S. The van der Waals surface area contributed by atoms with Crippen molar-refractivity contribution >= 4 is 15.9 Å². The number of furan rings is 1. The lowest BCUT2D eigenvalue weighted by Gasteiger charge is -2.33. The zero-order chi connectivity index (χ0) is 16.3. The summed E-state index contributed by atoms with van der Waals surface area (Å²) in [4.78, 5) is 13.9. The molecule has 7 heteroatoms. The zero-order valence-corrected chi connectivity index (χ0v) is 13.4. The summed E-state index contributed by atoms with van der Waals surface area (Å²) in [6.07, 6.45) is 2.86. The van der Waals surface area contributed by atoms with E-state index in [9.17, 15) is 13.2 Å². The SMILES string of the molecule is O=C(c1ccoc1)N1CCN(S(=O)(=O)Cc2ccccc2)CC1. The van der Waals surface area contributed by atoms with Gasteiger partial charge in [-0.2, -0.15) is 4.31 Å². The molecule has 1 amide bonds. The molecule has 0 N–H and O–H groups in total. The summed E-state index contributed by atoms with van der Waals surface area (Å²) in [5, 5.41) is 0. The third-order valence-electron chi connectivity index (χ3n) is 3.88. The van der Waals surface area contributed by atoms with E-state index >= 15 is 0 Å². The number of nitrogens with zero attached hydrogens (tertiary/aromatic N) is 2. The number of carbonyl (C=O) groups is 1. The van der Waals surface area contributed by atoms with Crippen LogP contribution in [-0.2, 0) is 15.8 Å². The highest BCUT2D eigenvalue weighted by Crippen LogP contribution is 2.15. The van der Waals surface area contributed by atoms with Gasteiger partial charge in [-0.05, 0) is 11.6 Å². The molecular weight excluding hydrogens is 316 g/mol. The molecule has 0 atom stereocenters. The quantitative estimate of drug-likeness (QED) is 0.851. The van der Waals surface area contributed by atoms with E-state index in [1.807, 2.05) is 18.2 Å². The second kappa shape index (κ2) is 6.55. The van der Waals surface area contributed by atoms with Crippen LogP contribution in [0, 0.1) is 0 Å². The Labute approximate surface area is 135 Å². The van der Waals surface area contributed by atoms with Crippen LogP contribution in [0.3, 0.4) is 0 Å². The summed E-state index contributed by atoms with van der Waals surface area (Å²) in [5.41, 5.74) is 1.26. The Morgan fingerprint density at radius 2 is 1.74 bits per heavy atom. The molecule has 122 valence electrons. The largest absolute Gasteiger partial charge is 0.472 e. The molecule has 0 radical (unpaired) electrons. The number of benzene rings is 1. The molecule has 2 heterocycles. The standard InChI is InChI=1S/C16H18N2O4S/c19-16(15-6-11-22-12-15)17-7-9-18(10-8-17)23(20,21)13-14-4-2-1-3-5-14/h1-6,11-12H,7-10,13H2. The minimum Gasteiger partial charge on any atom is -0.472 e. The maximum absolute atomic E-state index is 12.5. The average Bonchev–Trinajstić information content (AvgIpc) is 3.09. The second-order valence-electron chi connectivity index (χ2n) is 5.45.